The molecule has 1 unspecified atom stereocenters. The second-order valence-corrected chi connectivity index (χ2v) is 19.9. The molecule has 0 aromatic heterocycles. The van der Waals surface area contributed by atoms with E-state index in [0.29, 0.717) is 0 Å². The Morgan fingerprint density at radius 2 is 0.676 bits per heavy atom. The minimum Gasteiger partial charge on any atom is -0.310 e. The highest BCUT2D eigenvalue weighted by Gasteiger charge is 2.52. The molecule has 0 N–H and O–H groups in total. The minimum absolute atomic E-state index is 0.0722. The fourth-order valence-corrected chi connectivity index (χ4v) is 12.8. The van der Waals surface area contributed by atoms with Crippen LogP contribution in [0.2, 0.25) is 0 Å². The molecule has 0 heterocycles. The maximum Gasteiger partial charge on any atom is 0.0726 e. The largest absolute Gasteiger partial charge is 0.310 e. The van der Waals surface area contributed by atoms with E-state index in [1.165, 1.54) is 111 Å². The van der Waals surface area contributed by atoms with E-state index in [1.54, 1.807) is 0 Å². The van der Waals surface area contributed by atoms with Crippen LogP contribution in [0, 0.1) is 0 Å². The predicted molar refractivity (Wildman–Crippen MR) is 297 cm³/mol. The Balaban J connectivity index is 0.976. The fourth-order valence-electron chi connectivity index (χ4n) is 12.8. The normalized spacial score (nSPS) is 15.1. The summed E-state index contributed by atoms with van der Waals surface area (Å²) in [6.45, 7) is 4.72. The molecule has 0 fully saturated rings. The Morgan fingerprint density at radius 3 is 1.32 bits per heavy atom. The van der Waals surface area contributed by atoms with Crippen LogP contribution in [-0.2, 0) is 10.8 Å². The summed E-state index contributed by atoms with van der Waals surface area (Å²) in [5.41, 5.74) is 28.4. The Bertz CT molecular complexity index is 3880. The number of anilines is 3. The molecule has 0 bridgehead atoms. The van der Waals surface area contributed by atoms with E-state index in [9.17, 15) is 0 Å². The first-order valence-electron chi connectivity index (χ1n) is 24.9. The van der Waals surface area contributed by atoms with Gasteiger partial charge in [0, 0.05) is 22.4 Å². The molecule has 1 nitrogen and oxygen atoms in total. The molecular weight excluding hydrogens is 855 g/mol. The lowest BCUT2D eigenvalue weighted by Gasteiger charge is -2.32. The maximum absolute atomic E-state index is 2.50. The third-order valence-electron chi connectivity index (χ3n) is 15.9. The minimum atomic E-state index is -0.517. The van der Waals surface area contributed by atoms with E-state index in [2.05, 4.69) is 280 Å². The quantitative estimate of drug-likeness (QED) is 0.154. The summed E-state index contributed by atoms with van der Waals surface area (Å²) < 4.78 is 0. The summed E-state index contributed by atoms with van der Waals surface area (Å²) in [5.74, 6) is 0. The molecule has 1 atom stereocenters. The summed E-state index contributed by atoms with van der Waals surface area (Å²) in [4.78, 5) is 2.50. The predicted octanol–water partition coefficient (Wildman–Crippen LogP) is 18.5. The Kier molecular flexibility index (Phi) is 9.22. The Labute approximate surface area is 416 Å². The lowest BCUT2D eigenvalue weighted by Crippen LogP contribution is -2.26. The van der Waals surface area contributed by atoms with Crippen LogP contribution in [0.1, 0.15) is 47.2 Å². The number of fused-ring (bicyclic) bond motifs is 13. The number of rotatable bonds is 7. The molecule has 0 aliphatic heterocycles. The van der Waals surface area contributed by atoms with Crippen molar-refractivity contribution in [3.63, 3.8) is 0 Å². The summed E-state index contributed by atoms with van der Waals surface area (Å²) in [5, 5.41) is 0. The molecule has 1 heteroatoms. The van der Waals surface area contributed by atoms with Crippen LogP contribution in [-0.4, -0.2) is 0 Å². The second-order valence-electron chi connectivity index (χ2n) is 19.9. The van der Waals surface area contributed by atoms with Crippen molar-refractivity contribution in [1.82, 2.24) is 0 Å². The van der Waals surface area contributed by atoms with E-state index >= 15 is 0 Å². The lowest BCUT2D eigenvalue weighted by atomic mass is 9.70. The molecule has 11 aromatic rings. The van der Waals surface area contributed by atoms with Gasteiger partial charge in [-0.15, -0.1) is 0 Å². The van der Waals surface area contributed by atoms with E-state index in [-0.39, 0.29) is 5.41 Å². The van der Waals surface area contributed by atoms with Gasteiger partial charge in [-0.1, -0.05) is 238 Å². The molecule has 0 radical (unpaired) electrons. The van der Waals surface area contributed by atoms with Crippen molar-refractivity contribution < 1.29 is 0 Å². The van der Waals surface area contributed by atoms with Gasteiger partial charge in [-0.05, 0) is 142 Å². The summed E-state index contributed by atoms with van der Waals surface area (Å²) in [6, 6.07) is 97.2. The van der Waals surface area contributed by atoms with Crippen LogP contribution < -0.4 is 4.90 Å². The van der Waals surface area contributed by atoms with Gasteiger partial charge in [0.25, 0.3) is 0 Å². The van der Waals surface area contributed by atoms with E-state index in [0.717, 1.165) is 17.1 Å². The van der Waals surface area contributed by atoms with Gasteiger partial charge in [0.05, 0.1) is 11.1 Å². The van der Waals surface area contributed by atoms with E-state index in [1.807, 2.05) is 0 Å². The molecule has 3 aliphatic carbocycles. The molecule has 0 saturated heterocycles. The fraction of sp³-hybridized carbons (Fsp3) is 0.0571. The zero-order valence-electron chi connectivity index (χ0n) is 39.8. The van der Waals surface area contributed by atoms with Crippen LogP contribution >= 0.6 is 0 Å². The average molecular weight is 904 g/mol. The molecule has 3 aliphatic rings. The first-order valence-corrected chi connectivity index (χ1v) is 24.9. The van der Waals surface area contributed by atoms with Crippen molar-refractivity contribution in [3.05, 3.63) is 294 Å². The van der Waals surface area contributed by atoms with E-state index in [4.69, 9.17) is 0 Å². The SMILES string of the molecule is CC1(C)c2ccccc2-c2c(-c3ccc(N(c4ccc(-c5ccccc5-c5ccccc5)cc4)c4cccc5c4-c4ccccc4C54c5ccccc5-c5ccc(-c6ccccc6)cc54)cc3)cccc21. The van der Waals surface area contributed by atoms with Crippen LogP contribution in [0.15, 0.2) is 261 Å². The monoisotopic (exact) mass is 903 g/mol. The van der Waals surface area contributed by atoms with Gasteiger partial charge in [0.2, 0.25) is 0 Å². The summed E-state index contributed by atoms with van der Waals surface area (Å²) >= 11 is 0. The molecule has 71 heavy (non-hydrogen) atoms. The lowest BCUT2D eigenvalue weighted by molar-refractivity contribution is 0.660. The summed E-state index contributed by atoms with van der Waals surface area (Å²) in [6.07, 6.45) is 0. The number of hydrogen-bond donors (Lipinski definition) is 0. The molecule has 0 saturated carbocycles. The Morgan fingerprint density at radius 1 is 0.254 bits per heavy atom. The van der Waals surface area contributed by atoms with E-state index < -0.39 is 5.41 Å². The van der Waals surface area contributed by atoms with Crippen LogP contribution in [0.4, 0.5) is 17.1 Å². The van der Waals surface area contributed by atoms with Crippen molar-refractivity contribution in [2.45, 2.75) is 24.7 Å². The number of benzene rings is 11. The highest BCUT2D eigenvalue weighted by atomic mass is 15.1. The van der Waals surface area contributed by atoms with Crippen LogP contribution in [0.5, 0.6) is 0 Å². The third-order valence-corrected chi connectivity index (χ3v) is 15.9. The molecule has 14 rings (SSSR count). The van der Waals surface area contributed by atoms with Gasteiger partial charge in [-0.3, -0.25) is 0 Å². The Hall–Kier alpha value is -8.78. The highest BCUT2D eigenvalue weighted by Crippen LogP contribution is 2.65. The second kappa shape index (κ2) is 15.9. The highest BCUT2D eigenvalue weighted by molar-refractivity contribution is 6.02. The summed E-state index contributed by atoms with van der Waals surface area (Å²) in [7, 11) is 0. The molecule has 334 valence electrons. The van der Waals surface area contributed by atoms with Crippen LogP contribution in [0.3, 0.4) is 0 Å². The standard InChI is InChI=1S/C70H49N/c1-69(2)60-29-14-12-26-58(60)67-55(28-17-32-63(67)69)49-37-42-52(43-38-49)71(51-40-35-48(36-41-51)54-24-10-9-23-53(54)47-21-7-4-8-22-47)66-34-18-33-64-68(66)59-27-13-16-31-62(59)70(64)61-30-15-11-25-56(61)57-44-39-50(45-65(57)70)46-19-5-3-6-20-46/h3-45H,1-2H3. The smallest absolute Gasteiger partial charge is 0.0726 e. The number of hydrogen-bond acceptors (Lipinski definition) is 1. The number of nitrogens with zero attached hydrogens (tertiary/aromatic N) is 1. The first-order chi connectivity index (χ1) is 35.0. The maximum atomic E-state index is 2.50. The van der Waals surface area contributed by atoms with Crippen molar-refractivity contribution in [3.8, 4) is 77.9 Å². The molecular formula is C70H49N. The zero-order chi connectivity index (χ0) is 47.3. The van der Waals surface area contributed by atoms with Crippen molar-refractivity contribution in [2.24, 2.45) is 0 Å². The molecule has 1 spiro atoms. The zero-order valence-corrected chi connectivity index (χ0v) is 39.8. The van der Waals surface area contributed by atoms with Gasteiger partial charge < -0.3 is 4.90 Å². The van der Waals surface area contributed by atoms with Crippen LogP contribution in [0.25, 0.3) is 77.9 Å². The van der Waals surface area contributed by atoms with Crippen molar-refractivity contribution in [1.29, 1.82) is 0 Å². The van der Waals surface area contributed by atoms with Gasteiger partial charge in [-0.25, -0.2) is 0 Å². The van der Waals surface area contributed by atoms with Gasteiger partial charge in [0.1, 0.15) is 0 Å². The molecule has 11 aromatic carbocycles. The van der Waals surface area contributed by atoms with Gasteiger partial charge in [0.15, 0.2) is 0 Å². The van der Waals surface area contributed by atoms with Gasteiger partial charge >= 0.3 is 0 Å². The third kappa shape index (κ3) is 6.06. The van der Waals surface area contributed by atoms with Gasteiger partial charge in [-0.2, -0.15) is 0 Å². The van der Waals surface area contributed by atoms with Crippen molar-refractivity contribution >= 4 is 17.1 Å². The molecule has 0 amide bonds. The topological polar surface area (TPSA) is 3.24 Å². The first kappa shape index (κ1) is 41.2. The average Bonchev–Trinajstić information content (AvgIpc) is 4.00. The van der Waals surface area contributed by atoms with Crippen molar-refractivity contribution in [2.75, 3.05) is 4.90 Å².